The topological polar surface area (TPSA) is 30.0 Å². The Balaban J connectivity index is 1.96. The molecule has 0 radical (unpaired) electrons. The van der Waals surface area contributed by atoms with E-state index in [1.165, 1.54) is 0 Å². The van der Waals surface area contributed by atoms with E-state index in [1.54, 1.807) is 17.4 Å². The molecule has 0 saturated carbocycles. The largest absolute Gasteiger partial charge is 0.289 e. The predicted octanol–water partition coefficient (Wildman–Crippen LogP) is 6.82. The molecule has 27 heavy (non-hydrogen) atoms. The maximum atomic E-state index is 13.1. The predicted molar refractivity (Wildman–Crippen MR) is 115 cm³/mol. The highest BCUT2D eigenvalue weighted by Crippen LogP contribution is 2.35. The number of aromatic nitrogens is 1. The van der Waals surface area contributed by atoms with Crippen molar-refractivity contribution >= 4 is 45.7 Å². The zero-order chi connectivity index (χ0) is 18.8. The Bertz CT molecular complexity index is 1150. The smallest absolute Gasteiger partial charge is 0.188 e. The fourth-order valence-corrected chi connectivity index (χ4v) is 3.98. The normalized spacial score (nSPS) is 11.3. The van der Waals surface area contributed by atoms with Crippen molar-refractivity contribution in [3.63, 3.8) is 0 Å². The summed E-state index contributed by atoms with van der Waals surface area (Å²) in [6.45, 7) is 1.88. The molecule has 0 fully saturated rings. The van der Waals surface area contributed by atoms with Gasteiger partial charge in [-0.15, -0.1) is 11.3 Å². The number of thiophene rings is 1. The third kappa shape index (κ3) is 3.57. The maximum Gasteiger partial charge on any atom is 0.188 e. The average Bonchev–Trinajstić information content (AvgIpc) is 3.20. The third-order valence-corrected chi connectivity index (χ3v) is 5.45. The lowest BCUT2D eigenvalue weighted by molar-refractivity contribution is 0.104. The van der Waals surface area contributed by atoms with Crippen LogP contribution in [-0.4, -0.2) is 10.8 Å². The summed E-state index contributed by atoms with van der Waals surface area (Å²) in [5.41, 5.74) is 4.01. The molecule has 0 amide bonds. The van der Waals surface area contributed by atoms with Crippen molar-refractivity contribution in [2.24, 2.45) is 0 Å². The Morgan fingerprint density at radius 2 is 1.89 bits per heavy atom. The molecule has 4 heteroatoms. The van der Waals surface area contributed by atoms with Crippen LogP contribution in [0.4, 0.5) is 0 Å². The number of pyridine rings is 1. The number of nitrogens with zero attached hydrogens (tertiary/aromatic N) is 1. The van der Waals surface area contributed by atoms with E-state index in [1.807, 2.05) is 79.0 Å². The van der Waals surface area contributed by atoms with Gasteiger partial charge in [0.05, 0.1) is 11.1 Å². The third-order valence-electron chi connectivity index (χ3n) is 4.38. The Kier molecular flexibility index (Phi) is 4.88. The quantitative estimate of drug-likeness (QED) is 0.283. The highest BCUT2D eigenvalue weighted by atomic mass is 35.5. The molecule has 2 aromatic carbocycles. The molecule has 4 aromatic rings. The van der Waals surface area contributed by atoms with Gasteiger partial charge in [0.1, 0.15) is 0 Å². The van der Waals surface area contributed by atoms with Crippen LogP contribution < -0.4 is 0 Å². The summed E-state index contributed by atoms with van der Waals surface area (Å²) < 4.78 is 0. The molecule has 0 bridgehead atoms. The number of hydrogen-bond acceptors (Lipinski definition) is 3. The molecule has 0 aliphatic carbocycles. The van der Waals surface area contributed by atoms with E-state index in [-0.39, 0.29) is 5.78 Å². The summed E-state index contributed by atoms with van der Waals surface area (Å²) in [5, 5.41) is 3.50. The monoisotopic (exact) mass is 389 g/mol. The van der Waals surface area contributed by atoms with Crippen LogP contribution in [-0.2, 0) is 0 Å². The van der Waals surface area contributed by atoms with Crippen LogP contribution in [0.3, 0.4) is 0 Å². The first-order chi connectivity index (χ1) is 13.1. The van der Waals surface area contributed by atoms with E-state index in [0.29, 0.717) is 16.3 Å². The highest BCUT2D eigenvalue weighted by Gasteiger charge is 2.19. The van der Waals surface area contributed by atoms with Gasteiger partial charge in [-0.25, -0.2) is 0 Å². The van der Waals surface area contributed by atoms with Gasteiger partial charge in [0.25, 0.3) is 0 Å². The van der Waals surface area contributed by atoms with E-state index in [9.17, 15) is 4.79 Å². The van der Waals surface area contributed by atoms with Crippen molar-refractivity contribution in [1.29, 1.82) is 0 Å². The van der Waals surface area contributed by atoms with E-state index in [0.717, 1.165) is 26.9 Å². The molecule has 4 rings (SSSR count). The van der Waals surface area contributed by atoms with E-state index in [4.69, 9.17) is 11.6 Å². The first-order valence-electron chi connectivity index (χ1n) is 8.54. The van der Waals surface area contributed by atoms with Crippen LogP contribution in [0.1, 0.15) is 20.9 Å². The zero-order valence-electron chi connectivity index (χ0n) is 14.6. The number of allylic oxidation sites excluding steroid dienone is 1. The second-order valence-corrected chi connectivity index (χ2v) is 7.60. The molecule has 2 aromatic heterocycles. The SMILES string of the molecule is Cc1nc2ccc(Cl)cc2c(-c2ccccc2)c1C(=O)C=Cc1cccs1. The van der Waals surface area contributed by atoms with Crippen molar-refractivity contribution in [2.75, 3.05) is 0 Å². The number of carbonyl (C=O) groups excluding carboxylic acids is 1. The minimum atomic E-state index is -0.0610. The number of aryl methyl sites for hydroxylation is 1. The van der Waals surface area contributed by atoms with Crippen LogP contribution in [0.25, 0.3) is 28.1 Å². The molecule has 0 unspecified atom stereocenters. The molecule has 0 aliphatic rings. The van der Waals surface area contributed by atoms with Crippen molar-refractivity contribution in [3.05, 3.63) is 93.3 Å². The number of benzene rings is 2. The van der Waals surface area contributed by atoms with Gasteiger partial charge in [0.15, 0.2) is 5.78 Å². The van der Waals surface area contributed by atoms with Gasteiger partial charge in [-0.1, -0.05) is 48.0 Å². The van der Waals surface area contributed by atoms with Gasteiger partial charge in [-0.05, 0) is 54.3 Å². The summed E-state index contributed by atoms with van der Waals surface area (Å²) in [6, 6.07) is 19.5. The second-order valence-electron chi connectivity index (χ2n) is 6.19. The standard InChI is InChI=1S/C23H16ClNOS/c1-15-22(21(26)12-10-18-8-5-13-27-18)23(16-6-3-2-4-7-16)19-14-17(24)9-11-20(19)25-15/h2-14H,1H3. The Hall–Kier alpha value is -2.75. The Labute approximate surface area is 166 Å². The lowest BCUT2D eigenvalue weighted by atomic mass is 9.92. The average molecular weight is 390 g/mol. The lowest BCUT2D eigenvalue weighted by Crippen LogP contribution is -2.05. The number of fused-ring (bicyclic) bond motifs is 1. The van der Waals surface area contributed by atoms with Crippen molar-refractivity contribution < 1.29 is 4.79 Å². The van der Waals surface area contributed by atoms with Gasteiger partial charge >= 0.3 is 0 Å². The Morgan fingerprint density at radius 1 is 1.07 bits per heavy atom. The summed E-state index contributed by atoms with van der Waals surface area (Å²) in [7, 11) is 0. The van der Waals surface area contributed by atoms with Crippen LogP contribution in [0.2, 0.25) is 5.02 Å². The molecule has 0 spiro atoms. The molecular weight excluding hydrogens is 374 g/mol. The summed E-state index contributed by atoms with van der Waals surface area (Å²) in [4.78, 5) is 18.8. The van der Waals surface area contributed by atoms with Crippen molar-refractivity contribution in [3.8, 4) is 11.1 Å². The molecule has 132 valence electrons. The fourth-order valence-electron chi connectivity index (χ4n) is 3.19. The summed E-state index contributed by atoms with van der Waals surface area (Å²) in [6.07, 6.45) is 3.47. The Morgan fingerprint density at radius 3 is 2.63 bits per heavy atom. The van der Waals surface area contributed by atoms with Gasteiger partial charge in [0, 0.05) is 26.5 Å². The van der Waals surface area contributed by atoms with Gasteiger partial charge in [-0.3, -0.25) is 9.78 Å². The number of halogens is 1. The molecule has 0 N–H and O–H groups in total. The lowest BCUT2D eigenvalue weighted by Gasteiger charge is -2.14. The number of rotatable bonds is 4. The fraction of sp³-hybridized carbons (Fsp3) is 0.0435. The maximum absolute atomic E-state index is 13.1. The molecule has 0 aliphatic heterocycles. The molecule has 2 heterocycles. The molecule has 2 nitrogen and oxygen atoms in total. The minimum Gasteiger partial charge on any atom is -0.289 e. The van der Waals surface area contributed by atoms with Crippen molar-refractivity contribution in [2.45, 2.75) is 6.92 Å². The van der Waals surface area contributed by atoms with Gasteiger partial charge < -0.3 is 0 Å². The number of carbonyl (C=O) groups is 1. The summed E-state index contributed by atoms with van der Waals surface area (Å²) >= 11 is 7.85. The van der Waals surface area contributed by atoms with E-state index < -0.39 is 0 Å². The molecule has 0 saturated heterocycles. The number of hydrogen-bond donors (Lipinski definition) is 0. The number of ketones is 1. The van der Waals surface area contributed by atoms with E-state index in [2.05, 4.69) is 4.98 Å². The van der Waals surface area contributed by atoms with Crippen LogP contribution in [0, 0.1) is 6.92 Å². The van der Waals surface area contributed by atoms with Gasteiger partial charge in [0.2, 0.25) is 0 Å². The minimum absolute atomic E-state index is 0.0610. The zero-order valence-corrected chi connectivity index (χ0v) is 16.2. The second kappa shape index (κ2) is 7.47. The van der Waals surface area contributed by atoms with Crippen LogP contribution >= 0.6 is 22.9 Å². The van der Waals surface area contributed by atoms with Gasteiger partial charge in [-0.2, -0.15) is 0 Å². The van der Waals surface area contributed by atoms with E-state index >= 15 is 0 Å². The molecular formula is C23H16ClNOS. The first-order valence-corrected chi connectivity index (χ1v) is 9.80. The highest BCUT2D eigenvalue weighted by molar-refractivity contribution is 7.10. The molecule has 0 atom stereocenters. The van der Waals surface area contributed by atoms with Crippen LogP contribution in [0.15, 0.2) is 72.1 Å². The summed E-state index contributed by atoms with van der Waals surface area (Å²) in [5.74, 6) is -0.0610. The van der Waals surface area contributed by atoms with Crippen LogP contribution in [0.5, 0.6) is 0 Å². The van der Waals surface area contributed by atoms with Crippen molar-refractivity contribution in [1.82, 2.24) is 4.98 Å². The first kappa shape index (κ1) is 17.7.